The minimum absolute atomic E-state index is 0.136. The maximum absolute atomic E-state index is 13.7. The van der Waals surface area contributed by atoms with Gasteiger partial charge in [0.05, 0.1) is 16.9 Å². The number of pyridine rings is 1. The summed E-state index contributed by atoms with van der Waals surface area (Å²) in [5.74, 6) is -1.05. The number of nitrogens with one attached hydrogen (secondary N) is 2. The number of halogens is 7. The first kappa shape index (κ1) is 32.9. The zero-order valence-corrected chi connectivity index (χ0v) is 26.0. The molecule has 10 nitrogen and oxygen atoms in total. The van der Waals surface area contributed by atoms with E-state index in [0.29, 0.717) is 11.1 Å². The molecule has 2 N–H and O–H groups in total. The molecule has 3 heterocycles. The van der Waals surface area contributed by atoms with Crippen molar-refractivity contribution in [1.29, 1.82) is 0 Å². The standard InChI is InChI=1S/C27H25F6IN8O2/c1-13-7-6-8-35-22(13)42-18(11-16(38-42)12-41-39-20(26(28,29)30)21(40-41)27(31,32)33)24(44)36-19-14(2)9-15(34)10-17(19)23(43)37-25(3,4)5/h6-11H,12H2,1-5H3,(H,36,44)(H,37,43). The number of aromatic nitrogens is 6. The van der Waals surface area contributed by atoms with Gasteiger partial charge in [-0.05, 0) is 92.6 Å². The normalized spacial score (nSPS) is 12.4. The molecule has 2 amide bonds. The summed E-state index contributed by atoms with van der Waals surface area (Å²) in [6.45, 7) is 8.01. The Morgan fingerprint density at radius 2 is 1.50 bits per heavy atom. The maximum Gasteiger partial charge on any atom is 0.437 e. The number of hydrogen-bond acceptors (Lipinski definition) is 6. The Kier molecular flexibility index (Phi) is 8.82. The zero-order valence-electron chi connectivity index (χ0n) is 23.8. The van der Waals surface area contributed by atoms with Crippen LogP contribution >= 0.6 is 22.6 Å². The van der Waals surface area contributed by atoms with Crippen LogP contribution < -0.4 is 10.6 Å². The molecule has 4 aromatic rings. The lowest BCUT2D eigenvalue weighted by atomic mass is 10.0. The molecule has 0 saturated carbocycles. The van der Waals surface area contributed by atoms with E-state index in [2.05, 4.69) is 30.9 Å². The summed E-state index contributed by atoms with van der Waals surface area (Å²) < 4.78 is 81.6. The van der Waals surface area contributed by atoms with Gasteiger partial charge in [0.2, 0.25) is 0 Å². The lowest BCUT2D eigenvalue weighted by Crippen LogP contribution is -2.41. The van der Waals surface area contributed by atoms with Gasteiger partial charge < -0.3 is 10.6 Å². The van der Waals surface area contributed by atoms with Crippen LogP contribution in [-0.2, 0) is 18.9 Å². The fraction of sp³-hybridized carbons (Fsp3) is 0.333. The quantitative estimate of drug-likeness (QED) is 0.187. The van der Waals surface area contributed by atoms with E-state index in [0.717, 1.165) is 8.25 Å². The van der Waals surface area contributed by atoms with Gasteiger partial charge in [0.1, 0.15) is 12.2 Å². The molecular formula is C27H25F6IN8O2. The Morgan fingerprint density at radius 3 is 2.05 bits per heavy atom. The average Bonchev–Trinajstić information content (AvgIpc) is 3.50. The number of anilines is 1. The van der Waals surface area contributed by atoms with Gasteiger partial charge >= 0.3 is 12.4 Å². The van der Waals surface area contributed by atoms with Gasteiger partial charge in [0, 0.05) is 15.3 Å². The molecule has 0 aliphatic rings. The Morgan fingerprint density at radius 1 is 0.886 bits per heavy atom. The molecule has 0 bridgehead atoms. The fourth-order valence-corrected chi connectivity index (χ4v) is 4.93. The Bertz CT molecular complexity index is 1710. The van der Waals surface area contributed by atoms with Crippen molar-refractivity contribution in [2.24, 2.45) is 0 Å². The second-order valence-corrected chi connectivity index (χ2v) is 12.0. The Labute approximate surface area is 260 Å². The molecule has 0 aliphatic carbocycles. The van der Waals surface area contributed by atoms with Crippen molar-refractivity contribution in [3.05, 3.63) is 79.6 Å². The molecular weight excluding hydrogens is 709 g/mol. The van der Waals surface area contributed by atoms with E-state index in [1.54, 1.807) is 58.9 Å². The lowest BCUT2D eigenvalue weighted by molar-refractivity contribution is -0.165. The number of carbonyl (C=O) groups is 2. The highest BCUT2D eigenvalue weighted by molar-refractivity contribution is 14.1. The molecule has 0 spiro atoms. The largest absolute Gasteiger partial charge is 0.437 e. The Balaban J connectivity index is 1.78. The molecule has 0 saturated heterocycles. The van der Waals surface area contributed by atoms with Crippen molar-refractivity contribution in [2.75, 3.05) is 5.32 Å². The lowest BCUT2D eigenvalue weighted by Gasteiger charge is -2.22. The van der Waals surface area contributed by atoms with Crippen LogP contribution in [0.15, 0.2) is 36.5 Å². The van der Waals surface area contributed by atoms with E-state index in [1.165, 1.54) is 12.3 Å². The molecule has 0 atom stereocenters. The van der Waals surface area contributed by atoms with Crippen LogP contribution in [0.3, 0.4) is 0 Å². The monoisotopic (exact) mass is 734 g/mol. The van der Waals surface area contributed by atoms with Crippen molar-refractivity contribution < 1.29 is 35.9 Å². The highest BCUT2D eigenvalue weighted by Gasteiger charge is 2.48. The summed E-state index contributed by atoms with van der Waals surface area (Å²) in [4.78, 5) is 31.3. The molecule has 17 heteroatoms. The van der Waals surface area contributed by atoms with E-state index in [9.17, 15) is 35.9 Å². The van der Waals surface area contributed by atoms with Gasteiger partial charge in [0.15, 0.2) is 17.2 Å². The first-order valence-corrected chi connectivity index (χ1v) is 13.9. The number of amides is 2. The summed E-state index contributed by atoms with van der Waals surface area (Å²) in [6.07, 6.45) is -9.41. The molecule has 1 aromatic carbocycles. The van der Waals surface area contributed by atoms with Crippen LogP contribution in [-0.4, -0.2) is 47.1 Å². The number of carbonyl (C=O) groups excluding carboxylic acids is 2. The molecule has 0 radical (unpaired) electrons. The fourth-order valence-electron chi connectivity index (χ4n) is 4.15. The molecule has 44 heavy (non-hydrogen) atoms. The summed E-state index contributed by atoms with van der Waals surface area (Å²) in [5.41, 5.74) is -3.79. The number of hydrogen-bond donors (Lipinski definition) is 2. The molecule has 0 unspecified atom stereocenters. The first-order chi connectivity index (χ1) is 20.2. The molecule has 4 rings (SSSR count). The summed E-state index contributed by atoms with van der Waals surface area (Å²) in [6, 6.07) is 7.81. The smallest absolute Gasteiger partial charge is 0.347 e. The third kappa shape index (κ3) is 7.36. The highest BCUT2D eigenvalue weighted by Crippen LogP contribution is 2.38. The van der Waals surface area contributed by atoms with E-state index >= 15 is 0 Å². The predicted octanol–water partition coefficient (Wildman–Crippen LogP) is 5.95. The van der Waals surface area contributed by atoms with Crippen molar-refractivity contribution >= 4 is 40.1 Å². The SMILES string of the molecule is Cc1cccnc1-n1nc(Cn2nc(C(F)(F)F)c(C(F)(F)F)n2)cc1C(=O)Nc1c(C)cc(I)cc1C(=O)NC(C)(C)C. The van der Waals surface area contributed by atoms with Crippen LogP contribution in [0.25, 0.3) is 5.82 Å². The van der Waals surface area contributed by atoms with Crippen molar-refractivity contribution in [3.63, 3.8) is 0 Å². The topological polar surface area (TPSA) is 120 Å². The van der Waals surface area contributed by atoms with Crippen LogP contribution in [0, 0.1) is 17.4 Å². The van der Waals surface area contributed by atoms with Gasteiger partial charge in [-0.3, -0.25) is 9.59 Å². The van der Waals surface area contributed by atoms with Crippen LogP contribution in [0.2, 0.25) is 0 Å². The van der Waals surface area contributed by atoms with Crippen LogP contribution in [0.4, 0.5) is 32.0 Å². The van der Waals surface area contributed by atoms with E-state index < -0.39 is 47.6 Å². The number of benzene rings is 1. The molecule has 0 aliphatic heterocycles. The van der Waals surface area contributed by atoms with Crippen molar-refractivity contribution in [1.82, 2.24) is 35.1 Å². The summed E-state index contributed by atoms with van der Waals surface area (Å²) in [7, 11) is 0. The van der Waals surface area contributed by atoms with Gasteiger partial charge in [-0.1, -0.05) is 6.07 Å². The molecule has 234 valence electrons. The van der Waals surface area contributed by atoms with Crippen LogP contribution in [0.5, 0.6) is 0 Å². The third-order valence-corrected chi connectivity index (χ3v) is 6.57. The van der Waals surface area contributed by atoms with Gasteiger partial charge in [-0.15, -0.1) is 10.2 Å². The van der Waals surface area contributed by atoms with Crippen molar-refractivity contribution in [3.8, 4) is 5.82 Å². The predicted molar refractivity (Wildman–Crippen MR) is 154 cm³/mol. The average molecular weight is 734 g/mol. The van der Waals surface area contributed by atoms with Crippen molar-refractivity contribution in [2.45, 2.75) is 59.1 Å². The Hall–Kier alpha value is -4.03. The maximum atomic E-state index is 13.7. The van der Waals surface area contributed by atoms with Crippen LogP contribution in [0.1, 0.15) is 69.8 Å². The van der Waals surface area contributed by atoms with E-state index in [4.69, 9.17) is 0 Å². The number of nitrogens with zero attached hydrogens (tertiary/aromatic N) is 6. The minimum Gasteiger partial charge on any atom is -0.347 e. The number of aryl methyl sites for hydroxylation is 2. The van der Waals surface area contributed by atoms with Gasteiger partial charge in [-0.25, -0.2) is 9.67 Å². The van der Waals surface area contributed by atoms with E-state index in [1.807, 2.05) is 22.6 Å². The summed E-state index contributed by atoms with van der Waals surface area (Å²) in [5, 5.41) is 15.9. The van der Waals surface area contributed by atoms with Gasteiger partial charge in [-0.2, -0.15) is 36.2 Å². The van der Waals surface area contributed by atoms with E-state index in [-0.39, 0.29) is 33.3 Å². The second-order valence-electron chi connectivity index (χ2n) is 10.8. The summed E-state index contributed by atoms with van der Waals surface area (Å²) >= 11 is 2.04. The first-order valence-electron chi connectivity index (χ1n) is 12.8. The number of rotatable bonds is 6. The zero-order chi connectivity index (χ0) is 32.8. The van der Waals surface area contributed by atoms with Gasteiger partial charge in [0.25, 0.3) is 11.8 Å². The second kappa shape index (κ2) is 11.8. The molecule has 3 aromatic heterocycles. The third-order valence-electron chi connectivity index (χ3n) is 5.94. The molecule has 0 fully saturated rings. The highest BCUT2D eigenvalue weighted by atomic mass is 127. The minimum atomic E-state index is -5.42. The number of alkyl halides is 6.